The number of ether oxygens (including phenoxy) is 1. The lowest BCUT2D eigenvalue weighted by atomic mass is 9.77. The van der Waals surface area contributed by atoms with Gasteiger partial charge in [0.2, 0.25) is 5.91 Å². The van der Waals surface area contributed by atoms with Gasteiger partial charge in [0.05, 0.1) is 18.0 Å². The fraction of sp³-hybridized carbons (Fsp3) is 0.565. The molecule has 2 amide bonds. The molecule has 0 saturated heterocycles. The van der Waals surface area contributed by atoms with Crippen molar-refractivity contribution in [2.24, 2.45) is 5.92 Å². The van der Waals surface area contributed by atoms with Gasteiger partial charge in [0.25, 0.3) is 5.91 Å². The van der Waals surface area contributed by atoms with Crippen molar-refractivity contribution >= 4 is 33.2 Å². The van der Waals surface area contributed by atoms with Gasteiger partial charge in [0, 0.05) is 24.9 Å². The third-order valence-electron chi connectivity index (χ3n) is 5.73. The van der Waals surface area contributed by atoms with E-state index in [0.29, 0.717) is 31.5 Å². The van der Waals surface area contributed by atoms with Crippen LogP contribution in [0.25, 0.3) is 10.1 Å². The first-order chi connectivity index (χ1) is 14.5. The lowest BCUT2D eigenvalue weighted by Gasteiger charge is -2.29. The molecule has 2 aromatic rings. The zero-order valence-corrected chi connectivity index (χ0v) is 19.0. The molecule has 1 fully saturated rings. The van der Waals surface area contributed by atoms with Gasteiger partial charge in [-0.3, -0.25) is 9.59 Å². The molecule has 7 heteroatoms. The molecule has 1 aromatic carbocycles. The first-order valence-corrected chi connectivity index (χ1v) is 11.5. The van der Waals surface area contributed by atoms with Crippen LogP contribution in [0.15, 0.2) is 24.3 Å². The van der Waals surface area contributed by atoms with E-state index in [1.54, 1.807) is 18.4 Å². The predicted molar refractivity (Wildman–Crippen MR) is 122 cm³/mol. The molecule has 0 atom stereocenters. The minimum atomic E-state index is 0.00122. The maximum Gasteiger partial charge on any atom is 0.261 e. The Kier molecular flexibility index (Phi) is 8.24. The number of rotatable bonds is 9. The van der Waals surface area contributed by atoms with Gasteiger partial charge in [-0.15, -0.1) is 11.3 Å². The number of carbonyl (C=O) groups is 2. The second-order valence-electron chi connectivity index (χ2n) is 8.35. The normalized spacial score (nSPS) is 19.2. The molecular weight excluding hydrogens is 398 g/mol. The SMILES string of the molecule is COCCNC(=O)c1sc2ccccc2c1C1CCC(CNC(=O)CN(C)C)CC1. The average molecular weight is 432 g/mol. The Balaban J connectivity index is 1.67. The third kappa shape index (κ3) is 5.80. The summed E-state index contributed by atoms with van der Waals surface area (Å²) in [5.41, 5.74) is 1.21. The zero-order chi connectivity index (χ0) is 21.5. The van der Waals surface area contributed by atoms with Crippen LogP contribution < -0.4 is 10.6 Å². The van der Waals surface area contributed by atoms with Crippen LogP contribution in [0.3, 0.4) is 0 Å². The molecule has 30 heavy (non-hydrogen) atoms. The molecule has 1 saturated carbocycles. The summed E-state index contributed by atoms with van der Waals surface area (Å²) in [4.78, 5) is 27.5. The molecule has 0 aliphatic heterocycles. The van der Waals surface area contributed by atoms with Crippen LogP contribution in [0.5, 0.6) is 0 Å². The van der Waals surface area contributed by atoms with E-state index in [9.17, 15) is 9.59 Å². The Hall–Kier alpha value is -1.96. The molecule has 0 bridgehead atoms. The van der Waals surface area contributed by atoms with Crippen molar-refractivity contribution < 1.29 is 14.3 Å². The summed E-state index contributed by atoms with van der Waals surface area (Å²) in [6.07, 6.45) is 4.24. The second kappa shape index (κ2) is 10.9. The number of benzene rings is 1. The fourth-order valence-corrected chi connectivity index (χ4v) is 5.45. The standard InChI is InChI=1S/C23H33N3O3S/c1-26(2)15-20(27)25-14-16-8-10-17(11-9-16)21-18-6-4-5-7-19(18)30-22(21)23(28)24-12-13-29-3/h4-7,16-17H,8-15H2,1-3H3,(H,24,28)(H,25,27). The minimum Gasteiger partial charge on any atom is -0.383 e. The fourth-order valence-electron chi connectivity index (χ4n) is 4.24. The van der Waals surface area contributed by atoms with Crippen LogP contribution in [0.2, 0.25) is 0 Å². The van der Waals surface area contributed by atoms with Crippen molar-refractivity contribution in [2.45, 2.75) is 31.6 Å². The van der Waals surface area contributed by atoms with Crippen molar-refractivity contribution in [3.63, 3.8) is 0 Å². The summed E-state index contributed by atoms with van der Waals surface area (Å²) >= 11 is 1.59. The molecule has 1 aromatic heterocycles. The lowest BCUT2D eigenvalue weighted by Crippen LogP contribution is -2.37. The van der Waals surface area contributed by atoms with E-state index in [1.807, 2.05) is 25.1 Å². The van der Waals surface area contributed by atoms with Gasteiger partial charge < -0.3 is 20.3 Å². The summed E-state index contributed by atoms with van der Waals surface area (Å²) in [6.45, 7) is 2.20. The molecule has 3 rings (SSSR count). The third-order valence-corrected chi connectivity index (χ3v) is 6.92. The molecular formula is C23H33N3O3S. The Labute approximate surface area is 183 Å². The Bertz CT molecular complexity index is 856. The van der Waals surface area contributed by atoms with Crippen LogP contribution in [-0.2, 0) is 9.53 Å². The second-order valence-corrected chi connectivity index (χ2v) is 9.40. The van der Waals surface area contributed by atoms with Crippen LogP contribution >= 0.6 is 11.3 Å². The highest BCUT2D eigenvalue weighted by Crippen LogP contribution is 2.43. The van der Waals surface area contributed by atoms with Gasteiger partial charge in [-0.25, -0.2) is 0 Å². The highest BCUT2D eigenvalue weighted by molar-refractivity contribution is 7.21. The minimum absolute atomic E-state index is 0.00122. The number of nitrogens with zero attached hydrogens (tertiary/aromatic N) is 1. The highest BCUT2D eigenvalue weighted by atomic mass is 32.1. The number of nitrogens with one attached hydrogen (secondary N) is 2. The summed E-state index contributed by atoms with van der Waals surface area (Å²) < 4.78 is 6.23. The molecule has 6 nitrogen and oxygen atoms in total. The highest BCUT2D eigenvalue weighted by Gasteiger charge is 2.29. The number of hydrogen-bond acceptors (Lipinski definition) is 5. The first kappa shape index (κ1) is 22.7. The Morgan fingerprint density at radius 1 is 1.13 bits per heavy atom. The van der Waals surface area contributed by atoms with E-state index in [1.165, 1.54) is 15.6 Å². The van der Waals surface area contributed by atoms with Crippen molar-refractivity contribution in [3.8, 4) is 0 Å². The Morgan fingerprint density at radius 3 is 2.57 bits per heavy atom. The lowest BCUT2D eigenvalue weighted by molar-refractivity contribution is -0.121. The molecule has 0 radical (unpaired) electrons. The first-order valence-electron chi connectivity index (χ1n) is 10.7. The zero-order valence-electron chi connectivity index (χ0n) is 18.2. The molecule has 2 N–H and O–H groups in total. The molecule has 1 aliphatic carbocycles. The number of hydrogen-bond donors (Lipinski definition) is 2. The van der Waals surface area contributed by atoms with Crippen molar-refractivity contribution in [1.29, 1.82) is 0 Å². The maximum atomic E-state index is 12.9. The van der Waals surface area contributed by atoms with E-state index < -0.39 is 0 Å². The largest absolute Gasteiger partial charge is 0.383 e. The topological polar surface area (TPSA) is 70.7 Å². The number of likely N-dealkylation sites (N-methyl/N-ethyl adjacent to an activating group) is 1. The van der Waals surface area contributed by atoms with Gasteiger partial charge in [-0.05, 0) is 68.6 Å². The summed E-state index contributed by atoms with van der Waals surface area (Å²) in [5.74, 6) is 0.983. The molecule has 164 valence electrons. The van der Waals surface area contributed by atoms with Gasteiger partial charge in [0.15, 0.2) is 0 Å². The average Bonchev–Trinajstić information content (AvgIpc) is 3.12. The van der Waals surface area contributed by atoms with Crippen molar-refractivity contribution in [1.82, 2.24) is 15.5 Å². The van der Waals surface area contributed by atoms with Crippen LogP contribution in [0, 0.1) is 5.92 Å². The van der Waals surface area contributed by atoms with Gasteiger partial charge in [-0.2, -0.15) is 0 Å². The quantitative estimate of drug-likeness (QED) is 0.598. The molecule has 0 unspecified atom stereocenters. The smallest absolute Gasteiger partial charge is 0.261 e. The van der Waals surface area contributed by atoms with Crippen LogP contribution in [-0.4, -0.2) is 64.2 Å². The monoisotopic (exact) mass is 431 g/mol. The van der Waals surface area contributed by atoms with Gasteiger partial charge >= 0.3 is 0 Å². The van der Waals surface area contributed by atoms with E-state index in [-0.39, 0.29) is 11.8 Å². The van der Waals surface area contributed by atoms with E-state index in [0.717, 1.165) is 37.1 Å². The van der Waals surface area contributed by atoms with E-state index in [2.05, 4.69) is 28.8 Å². The van der Waals surface area contributed by atoms with Crippen LogP contribution in [0.1, 0.15) is 46.8 Å². The molecule has 0 spiro atoms. The number of amides is 2. The van der Waals surface area contributed by atoms with E-state index in [4.69, 9.17) is 4.74 Å². The van der Waals surface area contributed by atoms with Gasteiger partial charge in [0.1, 0.15) is 0 Å². The number of thiophene rings is 1. The van der Waals surface area contributed by atoms with E-state index >= 15 is 0 Å². The summed E-state index contributed by atoms with van der Waals surface area (Å²) in [7, 11) is 5.44. The summed E-state index contributed by atoms with van der Waals surface area (Å²) in [6, 6.07) is 8.32. The van der Waals surface area contributed by atoms with Crippen molar-refractivity contribution in [3.05, 3.63) is 34.7 Å². The molecule has 1 aliphatic rings. The van der Waals surface area contributed by atoms with Gasteiger partial charge in [-0.1, -0.05) is 18.2 Å². The van der Waals surface area contributed by atoms with Crippen LogP contribution in [0.4, 0.5) is 0 Å². The number of methoxy groups -OCH3 is 1. The van der Waals surface area contributed by atoms with Crippen molar-refractivity contribution in [2.75, 3.05) is 47.4 Å². The predicted octanol–water partition coefficient (Wildman–Crippen LogP) is 3.23. The Morgan fingerprint density at radius 2 is 1.87 bits per heavy atom. The molecule has 1 heterocycles. The summed E-state index contributed by atoms with van der Waals surface area (Å²) in [5, 5.41) is 7.27. The number of carbonyl (C=O) groups excluding carboxylic acids is 2. The maximum absolute atomic E-state index is 12.9. The number of fused-ring (bicyclic) bond motifs is 1.